The lowest BCUT2D eigenvalue weighted by Gasteiger charge is -2.25. The Morgan fingerprint density at radius 2 is 1.50 bits per heavy atom. The first-order valence-corrected chi connectivity index (χ1v) is 10.0. The lowest BCUT2D eigenvalue weighted by molar-refractivity contribution is 0.323. The van der Waals surface area contributed by atoms with Crippen molar-refractivity contribution >= 4 is 0 Å². The molecule has 0 saturated heterocycles. The average molecular weight is 402 g/mol. The molecule has 4 rings (SSSR count). The van der Waals surface area contributed by atoms with Crippen LogP contribution in [0.5, 0.6) is 0 Å². The molecule has 0 spiro atoms. The highest BCUT2D eigenvalue weighted by Crippen LogP contribution is 2.33. The molecule has 0 bridgehead atoms. The van der Waals surface area contributed by atoms with E-state index in [4.69, 9.17) is 5.10 Å². The Morgan fingerprint density at radius 3 is 2.13 bits per heavy atom. The number of benzene rings is 2. The maximum atomic E-state index is 4.84. The van der Waals surface area contributed by atoms with Gasteiger partial charge in [-0.3, -0.25) is 4.90 Å². The Balaban J connectivity index is 1.90. The van der Waals surface area contributed by atoms with E-state index in [9.17, 15) is 0 Å². The lowest BCUT2D eigenvalue weighted by atomic mass is 10.0. The van der Waals surface area contributed by atoms with Gasteiger partial charge >= 0.3 is 0 Å². The van der Waals surface area contributed by atoms with Gasteiger partial charge in [-0.15, -0.1) is 5.10 Å². The standard InChI is InChI=1S/C23H27N7/c1-15-11-10-12-16(2)21(15)30-23(24-26-27-30)22(28(5)6)20-17(3)25-29(18(20)4)19-13-8-7-9-14-19/h7-14,22H,1-6H3. The summed E-state index contributed by atoms with van der Waals surface area (Å²) in [5, 5.41) is 17.7. The van der Waals surface area contributed by atoms with Crippen LogP contribution in [-0.2, 0) is 0 Å². The molecule has 1 atom stereocenters. The first kappa shape index (κ1) is 20.0. The van der Waals surface area contributed by atoms with E-state index in [0.29, 0.717) is 0 Å². The number of tetrazole rings is 1. The predicted octanol–water partition coefficient (Wildman–Crippen LogP) is 3.73. The van der Waals surface area contributed by atoms with Gasteiger partial charge in [-0.1, -0.05) is 36.4 Å². The molecule has 0 amide bonds. The summed E-state index contributed by atoms with van der Waals surface area (Å²) in [5.41, 5.74) is 7.49. The summed E-state index contributed by atoms with van der Waals surface area (Å²) in [6.45, 7) is 8.32. The van der Waals surface area contributed by atoms with Crippen molar-refractivity contribution in [3.8, 4) is 11.4 Å². The van der Waals surface area contributed by atoms with Crippen molar-refractivity contribution in [2.24, 2.45) is 0 Å². The van der Waals surface area contributed by atoms with Gasteiger partial charge in [0.15, 0.2) is 5.82 Å². The van der Waals surface area contributed by atoms with Crippen LogP contribution in [0.25, 0.3) is 11.4 Å². The zero-order chi connectivity index (χ0) is 21.4. The van der Waals surface area contributed by atoms with E-state index in [2.05, 4.69) is 71.5 Å². The third-order valence-electron chi connectivity index (χ3n) is 5.53. The maximum absolute atomic E-state index is 4.84. The molecule has 0 fully saturated rings. The molecular formula is C23H27N7. The zero-order valence-corrected chi connectivity index (χ0v) is 18.3. The van der Waals surface area contributed by atoms with Crippen LogP contribution < -0.4 is 0 Å². The molecule has 1 unspecified atom stereocenters. The first-order chi connectivity index (χ1) is 14.4. The van der Waals surface area contributed by atoms with Crippen molar-refractivity contribution < 1.29 is 0 Å². The van der Waals surface area contributed by atoms with E-state index >= 15 is 0 Å². The van der Waals surface area contributed by atoms with E-state index in [-0.39, 0.29) is 6.04 Å². The Hall–Kier alpha value is -3.32. The molecule has 0 aliphatic heterocycles. The molecule has 0 aliphatic rings. The second-order valence-corrected chi connectivity index (χ2v) is 7.89. The summed E-state index contributed by atoms with van der Waals surface area (Å²) < 4.78 is 3.86. The summed E-state index contributed by atoms with van der Waals surface area (Å²) >= 11 is 0. The van der Waals surface area contributed by atoms with Crippen LogP contribution in [0.15, 0.2) is 48.5 Å². The third kappa shape index (κ3) is 3.31. The highest BCUT2D eigenvalue weighted by molar-refractivity contribution is 5.48. The third-order valence-corrected chi connectivity index (χ3v) is 5.53. The van der Waals surface area contributed by atoms with E-state index in [0.717, 1.165) is 45.3 Å². The predicted molar refractivity (Wildman–Crippen MR) is 117 cm³/mol. The van der Waals surface area contributed by atoms with Crippen LogP contribution in [0, 0.1) is 27.7 Å². The minimum absolute atomic E-state index is 0.142. The SMILES string of the molecule is Cc1cccc(C)c1-n1nnnc1C(c1c(C)nn(-c2ccccc2)c1C)N(C)C. The van der Waals surface area contributed by atoms with Gasteiger partial charge in [0.1, 0.15) is 6.04 Å². The van der Waals surface area contributed by atoms with Crippen molar-refractivity contribution in [1.29, 1.82) is 0 Å². The van der Waals surface area contributed by atoms with Crippen molar-refractivity contribution in [3.63, 3.8) is 0 Å². The summed E-state index contributed by atoms with van der Waals surface area (Å²) in [6.07, 6.45) is 0. The number of hydrogen-bond donors (Lipinski definition) is 0. The smallest absolute Gasteiger partial charge is 0.178 e. The quantitative estimate of drug-likeness (QED) is 0.510. The van der Waals surface area contributed by atoms with Gasteiger partial charge in [-0.2, -0.15) is 9.78 Å². The molecule has 154 valence electrons. The molecular weight excluding hydrogens is 374 g/mol. The van der Waals surface area contributed by atoms with Crippen molar-refractivity contribution in [1.82, 2.24) is 34.9 Å². The average Bonchev–Trinajstić information content (AvgIpc) is 3.29. The topological polar surface area (TPSA) is 64.7 Å². The van der Waals surface area contributed by atoms with E-state index in [1.807, 2.05) is 48.6 Å². The van der Waals surface area contributed by atoms with Crippen molar-refractivity contribution in [3.05, 3.63) is 82.4 Å². The Kier molecular flexibility index (Phi) is 5.22. The second kappa shape index (κ2) is 7.84. The second-order valence-electron chi connectivity index (χ2n) is 7.89. The van der Waals surface area contributed by atoms with Gasteiger partial charge in [0.05, 0.1) is 17.1 Å². The fourth-order valence-corrected chi connectivity index (χ4v) is 4.15. The fraction of sp³-hybridized carbons (Fsp3) is 0.304. The van der Waals surface area contributed by atoms with Crippen LogP contribution in [0.2, 0.25) is 0 Å². The molecule has 0 saturated carbocycles. The Bertz CT molecular complexity index is 1150. The minimum Gasteiger partial charge on any atom is -0.296 e. The van der Waals surface area contributed by atoms with Crippen LogP contribution >= 0.6 is 0 Å². The Morgan fingerprint density at radius 1 is 0.833 bits per heavy atom. The summed E-state index contributed by atoms with van der Waals surface area (Å²) in [6, 6.07) is 16.3. The van der Waals surface area contributed by atoms with Crippen molar-refractivity contribution in [2.75, 3.05) is 14.1 Å². The van der Waals surface area contributed by atoms with Gasteiger partial charge in [0.25, 0.3) is 0 Å². The number of para-hydroxylation sites is 2. The lowest BCUT2D eigenvalue weighted by Crippen LogP contribution is -2.26. The highest BCUT2D eigenvalue weighted by atomic mass is 15.6. The van der Waals surface area contributed by atoms with Gasteiger partial charge in [0, 0.05) is 11.3 Å². The van der Waals surface area contributed by atoms with E-state index in [1.54, 1.807) is 0 Å². The molecule has 2 heterocycles. The zero-order valence-electron chi connectivity index (χ0n) is 18.3. The van der Waals surface area contributed by atoms with Crippen LogP contribution in [-0.4, -0.2) is 49.0 Å². The molecule has 7 nitrogen and oxygen atoms in total. The summed E-state index contributed by atoms with van der Waals surface area (Å²) in [4.78, 5) is 2.14. The fourth-order valence-electron chi connectivity index (χ4n) is 4.15. The number of aryl methyl sites for hydroxylation is 3. The van der Waals surface area contributed by atoms with Crippen LogP contribution in [0.3, 0.4) is 0 Å². The normalized spacial score (nSPS) is 12.5. The van der Waals surface area contributed by atoms with Crippen LogP contribution in [0.1, 0.15) is 39.9 Å². The minimum atomic E-state index is -0.142. The molecule has 2 aromatic heterocycles. The number of rotatable bonds is 5. The number of aromatic nitrogens is 6. The molecule has 0 aliphatic carbocycles. The maximum Gasteiger partial charge on any atom is 0.178 e. The summed E-state index contributed by atoms with van der Waals surface area (Å²) in [5.74, 6) is 0.774. The summed E-state index contributed by atoms with van der Waals surface area (Å²) in [7, 11) is 4.10. The van der Waals surface area contributed by atoms with Gasteiger partial charge in [-0.05, 0) is 75.5 Å². The molecule has 2 aromatic carbocycles. The van der Waals surface area contributed by atoms with E-state index in [1.165, 1.54) is 0 Å². The monoisotopic (exact) mass is 401 g/mol. The molecule has 4 aromatic rings. The highest BCUT2D eigenvalue weighted by Gasteiger charge is 2.30. The number of hydrogen-bond acceptors (Lipinski definition) is 5. The van der Waals surface area contributed by atoms with Gasteiger partial charge in [-0.25, -0.2) is 4.68 Å². The number of nitrogens with zero attached hydrogens (tertiary/aromatic N) is 7. The van der Waals surface area contributed by atoms with E-state index < -0.39 is 0 Å². The first-order valence-electron chi connectivity index (χ1n) is 10.0. The van der Waals surface area contributed by atoms with Crippen LogP contribution in [0.4, 0.5) is 0 Å². The molecule has 0 N–H and O–H groups in total. The largest absolute Gasteiger partial charge is 0.296 e. The van der Waals surface area contributed by atoms with Gasteiger partial charge in [0.2, 0.25) is 0 Å². The van der Waals surface area contributed by atoms with Gasteiger partial charge < -0.3 is 0 Å². The molecule has 30 heavy (non-hydrogen) atoms. The molecule has 0 radical (unpaired) electrons. The Labute approximate surface area is 177 Å². The van der Waals surface area contributed by atoms with Crippen molar-refractivity contribution in [2.45, 2.75) is 33.7 Å². The molecule has 7 heteroatoms.